The first-order valence-electron chi connectivity index (χ1n) is 61.5. The fourth-order valence-corrected chi connectivity index (χ4v) is 16.5. The second kappa shape index (κ2) is 41.8. The van der Waals surface area contributed by atoms with Gasteiger partial charge in [0.05, 0.1) is 0 Å². The Kier molecular flexibility index (Phi) is 18.8. The van der Waals surface area contributed by atoms with Crippen molar-refractivity contribution in [3.05, 3.63) is 385 Å². The van der Waals surface area contributed by atoms with E-state index in [9.17, 15) is 0 Å². The van der Waals surface area contributed by atoms with Crippen molar-refractivity contribution in [2.45, 2.75) is 209 Å². The quantitative estimate of drug-likeness (QED) is 0.0912. The first-order chi connectivity index (χ1) is 75.2. The Bertz CT molecular complexity index is 8060. The third-order valence-electron chi connectivity index (χ3n) is 23.4. The fourth-order valence-electron chi connectivity index (χ4n) is 16.5. The van der Waals surface area contributed by atoms with Crippen molar-refractivity contribution < 1.29 is 72.2 Å². The van der Waals surface area contributed by atoms with Crippen LogP contribution in [0.25, 0.3) is 112 Å². The van der Waals surface area contributed by atoms with E-state index in [0.717, 1.165) is 80.0 Å². The summed E-state index contributed by atoms with van der Waals surface area (Å²) in [6.07, 6.45) is 9.04. The van der Waals surface area contributed by atoms with Gasteiger partial charge in [0.15, 0.2) is 31.0 Å². The molecule has 0 saturated heterocycles. The summed E-state index contributed by atoms with van der Waals surface area (Å²) in [5.41, 5.74) is 20.7. The molecule has 1 aliphatic carbocycles. The zero-order valence-electron chi connectivity index (χ0n) is 113. The van der Waals surface area contributed by atoms with Crippen LogP contribution in [-0.2, 0) is 48.0 Å². The van der Waals surface area contributed by atoms with Crippen LogP contribution in [0.5, 0.6) is 0 Å². The van der Waals surface area contributed by atoms with Crippen molar-refractivity contribution in [1.82, 2.24) is 0 Å². The molecule has 16 rings (SSSR count). The van der Waals surface area contributed by atoms with Gasteiger partial charge in [0.2, 0.25) is 28.5 Å². The summed E-state index contributed by atoms with van der Waals surface area (Å²) in [4.78, 5) is 0. The van der Waals surface area contributed by atoms with Crippen molar-refractivity contribution in [2.24, 2.45) is 46.6 Å². The van der Waals surface area contributed by atoms with E-state index in [4.69, 9.17) is 49.3 Å². The van der Waals surface area contributed by atoms with Gasteiger partial charge in [-0.2, -0.15) is 0 Å². The Morgan fingerprint density at radius 1 is 0.320 bits per heavy atom. The first-order valence-corrected chi connectivity index (χ1v) is 43.5. The number of pyridine rings is 5. The molecular formula is C123H144N5+5. The molecule has 1 saturated carbocycles. The van der Waals surface area contributed by atoms with Crippen LogP contribution in [0.1, 0.15) is 247 Å². The number of rotatable bonds is 15. The van der Waals surface area contributed by atoms with Gasteiger partial charge >= 0.3 is 0 Å². The highest BCUT2D eigenvalue weighted by Gasteiger charge is 2.27. The van der Waals surface area contributed by atoms with Crippen molar-refractivity contribution >= 4 is 0 Å². The number of aryl methyl sites for hydroxylation is 21. The number of benzene rings is 10. The average molecular weight is 1730 g/mol. The van der Waals surface area contributed by atoms with Gasteiger partial charge in [-0.15, -0.1) is 0 Å². The molecule has 128 heavy (non-hydrogen) atoms. The van der Waals surface area contributed by atoms with E-state index in [1.54, 1.807) is 170 Å². The van der Waals surface area contributed by atoms with Crippen LogP contribution in [0, 0.1) is 121 Å². The molecule has 0 unspecified atom stereocenters. The van der Waals surface area contributed by atoms with E-state index < -0.39 is 98.5 Å². The van der Waals surface area contributed by atoms with Gasteiger partial charge in [0.25, 0.3) is 0 Å². The molecule has 0 bridgehead atoms. The van der Waals surface area contributed by atoms with Gasteiger partial charge in [-0.25, -0.2) is 22.8 Å². The lowest BCUT2D eigenvalue weighted by atomic mass is 9.87. The molecule has 0 N–H and O–H groups in total. The van der Waals surface area contributed by atoms with Gasteiger partial charge in [0.1, 0.15) is 35.2 Å². The van der Waals surface area contributed by atoms with Crippen LogP contribution in [0.3, 0.4) is 0 Å². The third kappa shape index (κ3) is 22.9. The van der Waals surface area contributed by atoms with E-state index in [1.165, 1.54) is 24.3 Å². The van der Waals surface area contributed by atoms with Crippen LogP contribution < -0.4 is 22.8 Å². The summed E-state index contributed by atoms with van der Waals surface area (Å²) in [6.45, 7) is 0.399. The maximum absolute atomic E-state index is 9.08. The summed E-state index contributed by atoms with van der Waals surface area (Å²) in [6, 6.07) is 69.4. The van der Waals surface area contributed by atoms with Gasteiger partial charge < -0.3 is 0 Å². The minimum atomic E-state index is -2.45. The molecule has 0 atom stereocenters. The molecule has 10 aromatic carbocycles. The van der Waals surface area contributed by atoms with Gasteiger partial charge in [-0.1, -0.05) is 219 Å². The molecule has 1 fully saturated rings. The molecule has 5 heteroatoms. The zero-order chi connectivity index (χ0) is 123. The fraction of sp³-hybridized carbons (Fsp3) is 0.309. The van der Waals surface area contributed by atoms with Crippen LogP contribution in [0.15, 0.2) is 274 Å². The maximum Gasteiger partial charge on any atom is 0.212 e. The van der Waals surface area contributed by atoms with E-state index >= 15 is 0 Å². The molecule has 15 aromatic rings. The number of hydrogen-bond acceptors (Lipinski definition) is 0. The lowest BCUT2D eigenvalue weighted by molar-refractivity contribution is -0.660. The van der Waals surface area contributed by atoms with Crippen LogP contribution in [-0.4, -0.2) is 0 Å². The normalized spacial score (nSPS) is 17.6. The molecule has 5 nitrogen and oxygen atoms in total. The van der Waals surface area contributed by atoms with E-state index in [2.05, 4.69) is 0 Å². The SMILES string of the molecule is [2H]C([2H])([2H])c1ccccc1-c1cc(-c2cc(C([2H])(C)C)cc[n+]2C)c(C)cc1C([2H])([2H])[2H].[2H]C([2H])([2H])c1ccccc1-c1cc(-c2cc(C([2H])([2H])C(C)(C)C)cc[n+]2C)c(C)cc1C([2H])([2H])[2H].[2H]C([2H])([2H])c1ccccc1-c1cc(-c2cc(C([2H])([2H])C(C)C)cc[n+]2C)c(C)cc1C([2H])([2H])[2H].[2H]C([2H])([2H])c1ccccc1-c1cc(-c2cc(C)cc[n+]2C)c(C)cc1C([2H])([2H])[2H].[2H]C([2H])([2H])c1ccccc1-c1ccc(C)c(-c2cc(C3([2H])CCCC3)c(C([2H])([2H])[2H])c[n+]2C)c1. The standard InChI is InChI=1S/C26H30N.C26H32N.C25H30N.C24H28N.C22H24N/c1-18-9-5-8-12-23(18)22-14-13-19(2)25(15-22)26-16-24(20(3)17-27(26)4)21-10-6-7-11-21;1-18-10-8-9-11-22(18)23-16-24(20(3)14-19(23)2)25-15-21(12-13-27(25)7)17-26(4,5)6;1-17(2)13-21-11-12-26(6)25(15-21)24-16-23(19(4)14-20(24)5)22-10-8-7-9-18(22)3;1-16(2)20-11-12-25(6)24(14-20)23-15-22(18(4)13-19(23)5)21-10-8-7-9-17(21)3;1-15-10-11-23(5)22(12-15)21-14-20(17(3)13-18(21)4)19-9-7-6-8-16(19)2/h5,8-9,12-17,21H,6-7,10-11H2,1-4H3;8-16H,17H2,1-7H3;7-12,14-17H,13H2,1-6H3;7-16H,1-6H3;6-14H,1-5H3/q5*+1/i1D3,3D3,21D;1D3,2D3,17D2;3D3,4D3,13D2;3D3,4D3,16D;2D3,3D3. The molecule has 656 valence electrons. The van der Waals surface area contributed by atoms with E-state index in [1.807, 2.05) is 227 Å². The lowest BCUT2D eigenvalue weighted by Crippen LogP contribution is -2.32. The smallest absolute Gasteiger partial charge is 0.201 e. The Balaban J connectivity index is 0.000000180. The van der Waals surface area contributed by atoms with Crippen molar-refractivity contribution in [3.8, 4) is 112 Å². The van der Waals surface area contributed by atoms with Crippen LogP contribution in [0.2, 0.25) is 0 Å². The molecule has 0 spiro atoms. The summed E-state index contributed by atoms with van der Waals surface area (Å²) >= 11 is 0. The van der Waals surface area contributed by atoms with E-state index in [-0.39, 0.29) is 56.0 Å². The number of aromatic nitrogens is 5. The summed E-state index contributed by atoms with van der Waals surface area (Å²) in [5, 5.41) is 0. The van der Waals surface area contributed by atoms with E-state index in [0.29, 0.717) is 119 Å². The first kappa shape index (κ1) is 57.7. The van der Waals surface area contributed by atoms with Crippen molar-refractivity contribution in [3.63, 3.8) is 0 Å². The second-order valence-electron chi connectivity index (χ2n) is 35.1. The Labute approximate surface area is 821 Å². The lowest BCUT2D eigenvalue weighted by Gasteiger charge is -2.18. The molecule has 5 heterocycles. The van der Waals surface area contributed by atoms with Gasteiger partial charge in [-0.3, -0.25) is 0 Å². The molecule has 5 aromatic heterocycles. The summed E-state index contributed by atoms with van der Waals surface area (Å²) in [7, 11) is 9.34. The topological polar surface area (TPSA) is 19.4 Å². The largest absolute Gasteiger partial charge is 0.212 e. The summed E-state index contributed by atoms with van der Waals surface area (Å²) in [5.74, 6) is -1.95. The Morgan fingerprint density at radius 2 is 0.664 bits per heavy atom. The average Bonchev–Trinajstić information content (AvgIpc) is 1.65. The maximum atomic E-state index is 9.08. The predicted molar refractivity (Wildman–Crippen MR) is 545 cm³/mol. The third-order valence-corrected chi connectivity index (χ3v) is 23.4. The monoisotopic (exact) mass is 1730 g/mol. The van der Waals surface area contributed by atoms with Gasteiger partial charge in [0, 0.05) is 137 Å². The number of hydrogen-bond donors (Lipinski definition) is 0. The molecular weight excluding hydrogens is 1550 g/mol. The highest BCUT2D eigenvalue weighted by molar-refractivity contribution is 5.82. The highest BCUT2D eigenvalue weighted by atomic mass is 14.9. The Hall–Kier alpha value is -12.1. The van der Waals surface area contributed by atoms with Crippen molar-refractivity contribution in [1.29, 1.82) is 0 Å². The molecule has 0 radical (unpaired) electrons. The minimum absolute atomic E-state index is 0.0827. The number of nitrogens with zero attached hydrogens (tertiary/aromatic N) is 5. The predicted octanol–water partition coefficient (Wildman–Crippen LogP) is 29.7. The molecule has 0 aliphatic heterocycles. The zero-order valence-corrected chi connectivity index (χ0v) is 77.1. The van der Waals surface area contributed by atoms with Gasteiger partial charge in [-0.05, 0) is 350 Å². The highest BCUT2D eigenvalue weighted by Crippen LogP contribution is 2.42. The summed E-state index contributed by atoms with van der Waals surface area (Å²) < 4.78 is 302. The van der Waals surface area contributed by atoms with Crippen LogP contribution >= 0.6 is 0 Å². The van der Waals surface area contributed by atoms with Crippen molar-refractivity contribution in [2.75, 3.05) is 0 Å². The van der Waals surface area contributed by atoms with Crippen LogP contribution in [0.4, 0.5) is 0 Å². The molecule has 0 amide bonds. The second-order valence-corrected chi connectivity index (χ2v) is 35.1. The minimum Gasteiger partial charge on any atom is -0.201 e. The molecule has 1 aliphatic rings. The Morgan fingerprint density at radius 3 is 1.06 bits per heavy atom.